The highest BCUT2D eigenvalue weighted by Gasteiger charge is 2.19. The summed E-state index contributed by atoms with van der Waals surface area (Å²) in [6, 6.07) is 0.544. The summed E-state index contributed by atoms with van der Waals surface area (Å²) in [6.45, 7) is 4.48. The molecule has 0 amide bonds. The summed E-state index contributed by atoms with van der Waals surface area (Å²) in [5, 5.41) is 4.16. The van der Waals surface area contributed by atoms with Crippen LogP contribution in [0.5, 0.6) is 0 Å². The van der Waals surface area contributed by atoms with E-state index in [0.717, 1.165) is 30.1 Å². The Kier molecular flexibility index (Phi) is 4.81. The van der Waals surface area contributed by atoms with Gasteiger partial charge in [-0.05, 0) is 38.0 Å². The van der Waals surface area contributed by atoms with Crippen LogP contribution in [0.1, 0.15) is 51.5 Å². The highest BCUT2D eigenvalue weighted by Crippen LogP contribution is 2.28. The SMILES string of the molecule is CCCc1c(Cl)ncnc1NC1CCC(C)CC1. The van der Waals surface area contributed by atoms with Gasteiger partial charge in [0.2, 0.25) is 0 Å². The van der Waals surface area contributed by atoms with E-state index in [0.29, 0.717) is 11.2 Å². The van der Waals surface area contributed by atoms with Crippen LogP contribution in [0.15, 0.2) is 6.33 Å². The largest absolute Gasteiger partial charge is 0.367 e. The van der Waals surface area contributed by atoms with Crippen molar-refractivity contribution in [1.29, 1.82) is 0 Å². The molecule has 1 fully saturated rings. The van der Waals surface area contributed by atoms with Gasteiger partial charge in [0.15, 0.2) is 0 Å². The van der Waals surface area contributed by atoms with E-state index in [1.807, 2.05) is 0 Å². The minimum Gasteiger partial charge on any atom is -0.367 e. The van der Waals surface area contributed by atoms with Crippen molar-refractivity contribution >= 4 is 17.4 Å². The zero-order chi connectivity index (χ0) is 13.0. The van der Waals surface area contributed by atoms with Crippen LogP contribution >= 0.6 is 11.6 Å². The van der Waals surface area contributed by atoms with Crippen molar-refractivity contribution < 1.29 is 0 Å². The van der Waals surface area contributed by atoms with Gasteiger partial charge >= 0.3 is 0 Å². The lowest BCUT2D eigenvalue weighted by Crippen LogP contribution is -2.26. The molecule has 1 saturated carbocycles. The molecule has 2 rings (SSSR count). The number of nitrogens with zero attached hydrogens (tertiary/aromatic N) is 2. The summed E-state index contributed by atoms with van der Waals surface area (Å²) in [7, 11) is 0. The molecule has 3 nitrogen and oxygen atoms in total. The van der Waals surface area contributed by atoms with Crippen molar-refractivity contribution in [2.24, 2.45) is 5.92 Å². The predicted octanol–water partition coefficient (Wildman–Crippen LogP) is 4.07. The van der Waals surface area contributed by atoms with E-state index in [1.165, 1.54) is 25.7 Å². The second-order valence-electron chi connectivity index (χ2n) is 5.34. The van der Waals surface area contributed by atoms with E-state index < -0.39 is 0 Å². The van der Waals surface area contributed by atoms with Crippen LogP contribution in [0.4, 0.5) is 5.82 Å². The van der Waals surface area contributed by atoms with Gasteiger partial charge in [0.05, 0.1) is 0 Å². The summed E-state index contributed by atoms with van der Waals surface area (Å²) < 4.78 is 0. The van der Waals surface area contributed by atoms with Gasteiger partial charge < -0.3 is 5.32 Å². The molecule has 1 heterocycles. The lowest BCUT2D eigenvalue weighted by molar-refractivity contribution is 0.360. The Labute approximate surface area is 114 Å². The molecule has 100 valence electrons. The molecular formula is C14H22ClN3. The molecular weight excluding hydrogens is 246 g/mol. The number of aromatic nitrogens is 2. The summed E-state index contributed by atoms with van der Waals surface area (Å²) in [5.41, 5.74) is 1.07. The van der Waals surface area contributed by atoms with E-state index in [2.05, 4.69) is 29.1 Å². The fraction of sp³-hybridized carbons (Fsp3) is 0.714. The molecule has 0 unspecified atom stereocenters. The maximum absolute atomic E-state index is 6.16. The maximum Gasteiger partial charge on any atom is 0.137 e. The normalized spacial score (nSPS) is 23.9. The molecule has 0 saturated heterocycles. The van der Waals surface area contributed by atoms with Gasteiger partial charge in [0, 0.05) is 11.6 Å². The predicted molar refractivity (Wildman–Crippen MR) is 76.1 cm³/mol. The molecule has 4 heteroatoms. The number of nitrogens with one attached hydrogen (secondary N) is 1. The van der Waals surface area contributed by atoms with Crippen molar-refractivity contribution in [3.8, 4) is 0 Å². The van der Waals surface area contributed by atoms with E-state index in [4.69, 9.17) is 11.6 Å². The van der Waals surface area contributed by atoms with Crippen molar-refractivity contribution in [3.05, 3.63) is 17.0 Å². The zero-order valence-corrected chi connectivity index (χ0v) is 12.0. The number of rotatable bonds is 4. The molecule has 0 aromatic carbocycles. The molecule has 0 atom stereocenters. The fourth-order valence-electron chi connectivity index (χ4n) is 2.58. The second kappa shape index (κ2) is 6.37. The highest BCUT2D eigenvalue weighted by atomic mass is 35.5. The Morgan fingerprint density at radius 1 is 1.28 bits per heavy atom. The van der Waals surface area contributed by atoms with Crippen molar-refractivity contribution in [3.63, 3.8) is 0 Å². The van der Waals surface area contributed by atoms with Gasteiger partial charge in [-0.2, -0.15) is 0 Å². The van der Waals surface area contributed by atoms with Gasteiger partial charge in [0.1, 0.15) is 17.3 Å². The first kappa shape index (κ1) is 13.6. The molecule has 1 aromatic rings. The van der Waals surface area contributed by atoms with Gasteiger partial charge in [-0.3, -0.25) is 0 Å². The van der Waals surface area contributed by atoms with Crippen LogP contribution in [0, 0.1) is 5.92 Å². The van der Waals surface area contributed by atoms with E-state index in [-0.39, 0.29) is 0 Å². The minimum absolute atomic E-state index is 0.544. The van der Waals surface area contributed by atoms with Crippen molar-refractivity contribution in [2.75, 3.05) is 5.32 Å². The zero-order valence-electron chi connectivity index (χ0n) is 11.2. The van der Waals surface area contributed by atoms with E-state index >= 15 is 0 Å². The first-order valence-corrected chi connectivity index (χ1v) is 7.34. The Bertz CT molecular complexity index is 387. The summed E-state index contributed by atoms with van der Waals surface area (Å²) >= 11 is 6.16. The van der Waals surface area contributed by atoms with Crippen LogP contribution in [-0.4, -0.2) is 16.0 Å². The molecule has 1 N–H and O–H groups in total. The van der Waals surface area contributed by atoms with Gasteiger partial charge in [0.25, 0.3) is 0 Å². The maximum atomic E-state index is 6.16. The Hall–Kier alpha value is -0.830. The number of hydrogen-bond acceptors (Lipinski definition) is 3. The highest BCUT2D eigenvalue weighted by molar-refractivity contribution is 6.30. The van der Waals surface area contributed by atoms with Crippen LogP contribution in [0.2, 0.25) is 5.15 Å². The fourth-order valence-corrected chi connectivity index (χ4v) is 2.81. The quantitative estimate of drug-likeness (QED) is 0.836. The average Bonchev–Trinajstić information content (AvgIpc) is 2.36. The monoisotopic (exact) mass is 267 g/mol. The minimum atomic E-state index is 0.544. The van der Waals surface area contributed by atoms with Gasteiger partial charge in [-0.15, -0.1) is 0 Å². The van der Waals surface area contributed by atoms with Crippen LogP contribution in [0.25, 0.3) is 0 Å². The number of halogens is 1. The summed E-state index contributed by atoms with van der Waals surface area (Å²) in [6.07, 6.45) is 8.62. The first-order valence-electron chi connectivity index (χ1n) is 6.96. The number of anilines is 1. The van der Waals surface area contributed by atoms with Crippen molar-refractivity contribution in [1.82, 2.24) is 9.97 Å². The lowest BCUT2D eigenvalue weighted by atomic mass is 9.87. The van der Waals surface area contributed by atoms with Gasteiger partial charge in [-0.25, -0.2) is 9.97 Å². The van der Waals surface area contributed by atoms with Crippen LogP contribution in [0.3, 0.4) is 0 Å². The van der Waals surface area contributed by atoms with Crippen LogP contribution in [-0.2, 0) is 6.42 Å². The first-order chi connectivity index (χ1) is 8.70. The molecule has 0 aliphatic heterocycles. The third kappa shape index (κ3) is 3.35. The Morgan fingerprint density at radius 3 is 2.67 bits per heavy atom. The average molecular weight is 268 g/mol. The molecule has 0 spiro atoms. The molecule has 18 heavy (non-hydrogen) atoms. The third-order valence-corrected chi connectivity index (χ3v) is 4.08. The van der Waals surface area contributed by atoms with E-state index in [9.17, 15) is 0 Å². The Balaban J connectivity index is 2.06. The van der Waals surface area contributed by atoms with Gasteiger partial charge in [-0.1, -0.05) is 31.9 Å². The van der Waals surface area contributed by atoms with Crippen molar-refractivity contribution in [2.45, 2.75) is 58.4 Å². The topological polar surface area (TPSA) is 37.8 Å². The molecule has 0 radical (unpaired) electrons. The second-order valence-corrected chi connectivity index (χ2v) is 5.70. The lowest BCUT2D eigenvalue weighted by Gasteiger charge is -2.28. The number of hydrogen-bond donors (Lipinski definition) is 1. The summed E-state index contributed by atoms with van der Waals surface area (Å²) in [4.78, 5) is 8.44. The summed E-state index contributed by atoms with van der Waals surface area (Å²) in [5.74, 6) is 1.81. The van der Waals surface area contributed by atoms with E-state index in [1.54, 1.807) is 6.33 Å². The molecule has 1 aromatic heterocycles. The molecule has 1 aliphatic rings. The molecule has 1 aliphatic carbocycles. The standard InChI is InChI=1S/C14H22ClN3/c1-3-4-12-13(15)16-9-17-14(12)18-11-7-5-10(2)6-8-11/h9-11H,3-8H2,1-2H3,(H,16,17,18). The molecule has 0 bridgehead atoms. The Morgan fingerprint density at radius 2 is 2.00 bits per heavy atom. The van der Waals surface area contributed by atoms with Crippen LogP contribution < -0.4 is 5.32 Å². The third-order valence-electron chi connectivity index (χ3n) is 3.75. The smallest absolute Gasteiger partial charge is 0.137 e.